The molecule has 0 aliphatic carbocycles. The van der Waals surface area contributed by atoms with Crippen LogP contribution < -0.4 is 25.2 Å². The lowest BCUT2D eigenvalue weighted by molar-refractivity contribution is -0.137. The molecule has 2 aromatic carbocycles. The number of amides is 4. The molecule has 1 aromatic heterocycles. The summed E-state index contributed by atoms with van der Waals surface area (Å²) < 4.78 is 53.1. The number of carbonyl (C=O) groups is 2. The molecule has 0 unspecified atom stereocenters. The first-order valence-corrected chi connectivity index (χ1v) is 14.6. The van der Waals surface area contributed by atoms with E-state index in [0.717, 1.165) is 24.7 Å². The van der Waals surface area contributed by atoms with E-state index in [1.807, 2.05) is 7.05 Å². The van der Waals surface area contributed by atoms with E-state index in [-0.39, 0.29) is 23.3 Å². The molecule has 2 fully saturated rings. The van der Waals surface area contributed by atoms with Crippen molar-refractivity contribution < 1.29 is 32.2 Å². The van der Waals surface area contributed by atoms with Crippen LogP contribution >= 0.6 is 0 Å². The Balaban J connectivity index is 1.10. The number of aromatic nitrogens is 2. The largest absolute Gasteiger partial charge is 0.439 e. The Morgan fingerprint density at radius 3 is 2.38 bits per heavy atom. The van der Waals surface area contributed by atoms with E-state index >= 15 is 0 Å². The summed E-state index contributed by atoms with van der Waals surface area (Å²) >= 11 is 0. The van der Waals surface area contributed by atoms with Crippen LogP contribution in [-0.2, 0) is 17.3 Å². The summed E-state index contributed by atoms with van der Waals surface area (Å²) in [7, 11) is 2.01. The van der Waals surface area contributed by atoms with Crippen LogP contribution in [0.1, 0.15) is 11.1 Å². The molecule has 3 aliphatic rings. The molecule has 45 heavy (non-hydrogen) atoms. The molecule has 6 rings (SSSR count). The van der Waals surface area contributed by atoms with Gasteiger partial charge in [0.1, 0.15) is 17.9 Å². The highest BCUT2D eigenvalue weighted by Crippen LogP contribution is 2.39. The number of hydrogen-bond donors (Lipinski definition) is 2. The minimum Gasteiger partial charge on any atom is -0.439 e. The number of urea groups is 2. The highest BCUT2D eigenvalue weighted by atomic mass is 19.4. The molecular formula is C30H33F3N8O4. The summed E-state index contributed by atoms with van der Waals surface area (Å²) in [6.45, 7) is 4.60. The number of rotatable bonds is 5. The average Bonchev–Trinajstić information content (AvgIpc) is 3.45. The lowest BCUT2D eigenvalue weighted by Gasteiger charge is -2.32. The topological polar surface area (TPSA) is 115 Å². The Morgan fingerprint density at radius 2 is 1.62 bits per heavy atom. The minimum absolute atomic E-state index is 0.0528. The van der Waals surface area contributed by atoms with Crippen LogP contribution in [0.4, 0.5) is 45.6 Å². The number of anilines is 4. The first-order valence-electron chi connectivity index (χ1n) is 14.6. The van der Waals surface area contributed by atoms with Crippen molar-refractivity contribution in [1.82, 2.24) is 19.8 Å². The lowest BCUT2D eigenvalue weighted by Crippen LogP contribution is -2.48. The van der Waals surface area contributed by atoms with Crippen molar-refractivity contribution in [2.75, 3.05) is 86.5 Å². The van der Waals surface area contributed by atoms with E-state index in [4.69, 9.17) is 9.47 Å². The molecule has 4 heterocycles. The molecule has 12 nitrogen and oxygen atoms in total. The number of hydrogen-bond acceptors (Lipinski definition) is 8. The van der Waals surface area contributed by atoms with Gasteiger partial charge in [-0.15, -0.1) is 0 Å². The minimum atomic E-state index is -4.59. The maximum atomic E-state index is 14.0. The quantitative estimate of drug-likeness (QED) is 0.426. The zero-order chi connectivity index (χ0) is 31.6. The van der Waals surface area contributed by atoms with Gasteiger partial charge in [0.15, 0.2) is 0 Å². The van der Waals surface area contributed by atoms with Gasteiger partial charge in [-0.05, 0) is 55.4 Å². The van der Waals surface area contributed by atoms with Gasteiger partial charge in [-0.1, -0.05) is 0 Å². The van der Waals surface area contributed by atoms with Crippen molar-refractivity contribution in [3.05, 3.63) is 59.9 Å². The maximum Gasteiger partial charge on any atom is 0.418 e. The first-order chi connectivity index (χ1) is 21.6. The van der Waals surface area contributed by atoms with Gasteiger partial charge in [-0.3, -0.25) is 10.2 Å². The van der Waals surface area contributed by atoms with Crippen molar-refractivity contribution >= 4 is 34.9 Å². The molecule has 3 aliphatic heterocycles. The molecule has 0 atom stereocenters. The molecular weight excluding hydrogens is 593 g/mol. The molecule has 0 radical (unpaired) electrons. The average molecular weight is 627 g/mol. The van der Waals surface area contributed by atoms with Gasteiger partial charge < -0.3 is 29.5 Å². The van der Waals surface area contributed by atoms with Crippen molar-refractivity contribution in [2.24, 2.45) is 0 Å². The summed E-state index contributed by atoms with van der Waals surface area (Å²) in [6.07, 6.45) is -2.77. The number of nitrogens with one attached hydrogen (secondary N) is 2. The summed E-state index contributed by atoms with van der Waals surface area (Å²) in [4.78, 5) is 41.1. The third kappa shape index (κ3) is 7.04. The summed E-state index contributed by atoms with van der Waals surface area (Å²) in [5, 5.41) is 5.40. The molecule has 4 amide bonds. The van der Waals surface area contributed by atoms with E-state index < -0.39 is 17.8 Å². The second-order valence-electron chi connectivity index (χ2n) is 11.0. The number of carbonyl (C=O) groups excluding carboxylic acids is 2. The smallest absolute Gasteiger partial charge is 0.418 e. The summed E-state index contributed by atoms with van der Waals surface area (Å²) in [5.41, 5.74) is 0.772. The standard InChI is InChI=1S/C30H33F3N8O4/c1-38-8-10-40(11-9-38)28(42)37-26-18-27(35-19-34-26)45-22-3-5-24-20(16-22)6-7-41(24)29(43)36-21-2-4-25(23(17-21)30(31,32)33)39-12-14-44-15-13-39/h2-5,16-19H,6-15H2,1H3,(H,36,43)(H,34,35,37,42). The molecule has 3 aromatic rings. The molecule has 2 N–H and O–H groups in total. The lowest BCUT2D eigenvalue weighted by atomic mass is 10.1. The van der Waals surface area contributed by atoms with Gasteiger partial charge in [0.25, 0.3) is 0 Å². The second-order valence-corrected chi connectivity index (χ2v) is 11.0. The Hall–Kier alpha value is -4.63. The number of piperazine rings is 1. The van der Waals surface area contributed by atoms with Crippen molar-refractivity contribution in [2.45, 2.75) is 12.6 Å². The molecule has 0 spiro atoms. The predicted molar refractivity (Wildman–Crippen MR) is 161 cm³/mol. The number of likely N-dealkylation sites (N-methyl/N-ethyl adjacent to an activating group) is 1. The number of ether oxygens (including phenoxy) is 2. The van der Waals surface area contributed by atoms with E-state index in [0.29, 0.717) is 69.6 Å². The second kappa shape index (κ2) is 12.8. The van der Waals surface area contributed by atoms with Gasteiger partial charge in [-0.25, -0.2) is 19.6 Å². The number of halogens is 3. The fourth-order valence-electron chi connectivity index (χ4n) is 5.55. The van der Waals surface area contributed by atoms with Gasteiger partial charge in [0.05, 0.1) is 18.8 Å². The summed E-state index contributed by atoms with van der Waals surface area (Å²) in [5.74, 6) is 1.01. The fraction of sp³-hybridized carbons (Fsp3) is 0.400. The van der Waals surface area contributed by atoms with Crippen molar-refractivity contribution in [1.29, 1.82) is 0 Å². The van der Waals surface area contributed by atoms with E-state index in [1.54, 1.807) is 28.0 Å². The molecule has 238 valence electrons. The molecule has 0 saturated carbocycles. The third-order valence-corrected chi connectivity index (χ3v) is 7.99. The first kappa shape index (κ1) is 30.4. The van der Waals surface area contributed by atoms with Gasteiger partial charge >= 0.3 is 18.2 Å². The molecule has 15 heteroatoms. The number of fused-ring (bicyclic) bond motifs is 1. The predicted octanol–water partition coefficient (Wildman–Crippen LogP) is 4.50. The zero-order valence-electron chi connectivity index (χ0n) is 24.6. The SMILES string of the molecule is CN1CCN(C(=O)Nc2cc(Oc3ccc4c(c3)CCN4C(=O)Nc3ccc(N4CCOCC4)c(C(F)(F)F)c3)ncn2)CC1. The van der Waals surface area contributed by atoms with Crippen LogP contribution in [-0.4, -0.2) is 97.9 Å². The number of benzene rings is 2. The van der Waals surface area contributed by atoms with Crippen LogP contribution in [0.25, 0.3) is 0 Å². The number of nitrogens with zero attached hydrogens (tertiary/aromatic N) is 6. The maximum absolute atomic E-state index is 14.0. The van der Waals surface area contributed by atoms with Crippen LogP contribution in [0.3, 0.4) is 0 Å². The molecule has 0 bridgehead atoms. The molecule has 2 saturated heterocycles. The van der Waals surface area contributed by atoms with E-state index in [1.165, 1.54) is 29.4 Å². The highest BCUT2D eigenvalue weighted by Gasteiger charge is 2.36. The Kier molecular flexibility index (Phi) is 8.63. The van der Waals surface area contributed by atoms with Gasteiger partial charge in [-0.2, -0.15) is 13.2 Å². The van der Waals surface area contributed by atoms with Crippen LogP contribution in [0.5, 0.6) is 11.6 Å². The normalized spacial score (nSPS) is 17.2. The van der Waals surface area contributed by atoms with Crippen LogP contribution in [0.15, 0.2) is 48.8 Å². The number of morpholine rings is 1. The van der Waals surface area contributed by atoms with Crippen LogP contribution in [0, 0.1) is 0 Å². The monoisotopic (exact) mass is 626 g/mol. The van der Waals surface area contributed by atoms with Crippen molar-refractivity contribution in [3.8, 4) is 11.6 Å². The van der Waals surface area contributed by atoms with Gasteiger partial charge in [0, 0.05) is 68.9 Å². The summed E-state index contributed by atoms with van der Waals surface area (Å²) in [6, 6.07) is 9.77. The van der Waals surface area contributed by atoms with E-state index in [9.17, 15) is 22.8 Å². The van der Waals surface area contributed by atoms with Gasteiger partial charge in [0.2, 0.25) is 5.88 Å². The highest BCUT2D eigenvalue weighted by molar-refractivity contribution is 6.03. The Labute approximate surface area is 257 Å². The number of alkyl halides is 3. The van der Waals surface area contributed by atoms with Crippen LogP contribution in [0.2, 0.25) is 0 Å². The van der Waals surface area contributed by atoms with Crippen molar-refractivity contribution in [3.63, 3.8) is 0 Å². The van der Waals surface area contributed by atoms with E-state index in [2.05, 4.69) is 25.5 Å². The third-order valence-electron chi connectivity index (χ3n) is 7.99. The Morgan fingerprint density at radius 1 is 0.867 bits per heavy atom. The zero-order valence-corrected chi connectivity index (χ0v) is 24.6. The fourth-order valence-corrected chi connectivity index (χ4v) is 5.55. The Bertz CT molecular complexity index is 1560.